The first-order chi connectivity index (χ1) is 9.06. The van der Waals surface area contributed by atoms with Gasteiger partial charge in [0, 0.05) is 22.7 Å². The highest BCUT2D eigenvalue weighted by atomic mass is 16.5. The molecule has 0 aliphatic rings. The second-order valence-electron chi connectivity index (χ2n) is 4.38. The molecule has 2 atom stereocenters. The van der Waals surface area contributed by atoms with Crippen molar-refractivity contribution in [1.82, 2.24) is 4.98 Å². The van der Waals surface area contributed by atoms with E-state index in [4.69, 9.17) is 4.74 Å². The number of H-pyrrole nitrogens is 1. The quantitative estimate of drug-likeness (QED) is 0.729. The number of hydrogen-bond donors (Lipinski definition) is 3. The number of nitrogens with one attached hydrogen (secondary N) is 1. The predicted octanol–water partition coefficient (Wildman–Crippen LogP) is 1.43. The van der Waals surface area contributed by atoms with Crippen LogP contribution in [0, 0.1) is 6.92 Å². The molecule has 5 nitrogen and oxygen atoms in total. The zero-order valence-electron chi connectivity index (χ0n) is 10.9. The van der Waals surface area contributed by atoms with Crippen LogP contribution in [0.5, 0.6) is 0 Å². The number of hydrogen-bond acceptors (Lipinski definition) is 4. The molecular formula is C14H17NO4. The van der Waals surface area contributed by atoms with Crippen molar-refractivity contribution in [2.75, 3.05) is 6.61 Å². The third-order valence-corrected chi connectivity index (χ3v) is 3.09. The smallest absolute Gasteiger partial charge is 0.338 e. The van der Waals surface area contributed by atoms with Gasteiger partial charge in [-0.3, -0.25) is 0 Å². The predicted molar refractivity (Wildman–Crippen MR) is 70.6 cm³/mol. The molecule has 1 aromatic heterocycles. The molecule has 2 rings (SSSR count). The largest absolute Gasteiger partial charge is 0.464 e. The number of ether oxygens (including phenoxy) is 1. The number of rotatable bonds is 4. The summed E-state index contributed by atoms with van der Waals surface area (Å²) in [7, 11) is 0. The highest BCUT2D eigenvalue weighted by Gasteiger charge is 2.29. The topological polar surface area (TPSA) is 82.6 Å². The van der Waals surface area contributed by atoms with Crippen LogP contribution < -0.4 is 0 Å². The Morgan fingerprint density at radius 2 is 2.16 bits per heavy atom. The average molecular weight is 263 g/mol. The number of aliphatic hydroxyl groups is 2. The summed E-state index contributed by atoms with van der Waals surface area (Å²) in [6.45, 7) is 3.71. The van der Waals surface area contributed by atoms with E-state index >= 15 is 0 Å². The molecule has 0 radical (unpaired) electrons. The van der Waals surface area contributed by atoms with Crippen molar-refractivity contribution in [2.45, 2.75) is 26.1 Å². The van der Waals surface area contributed by atoms with Crippen molar-refractivity contribution >= 4 is 16.9 Å². The molecular weight excluding hydrogens is 246 g/mol. The monoisotopic (exact) mass is 263 g/mol. The fraction of sp³-hybridized carbons (Fsp3) is 0.357. The zero-order chi connectivity index (χ0) is 14.0. The molecule has 0 saturated carbocycles. The van der Waals surface area contributed by atoms with Crippen LogP contribution in [0.3, 0.4) is 0 Å². The minimum Gasteiger partial charge on any atom is -0.464 e. The van der Waals surface area contributed by atoms with Crippen LogP contribution in [0.25, 0.3) is 10.9 Å². The average Bonchev–Trinajstić information content (AvgIpc) is 2.82. The molecule has 2 unspecified atom stereocenters. The molecule has 1 heterocycles. The van der Waals surface area contributed by atoms with Crippen LogP contribution in [-0.4, -0.2) is 33.9 Å². The van der Waals surface area contributed by atoms with Crippen LogP contribution in [0.2, 0.25) is 0 Å². The van der Waals surface area contributed by atoms with Gasteiger partial charge in [0.1, 0.15) is 6.10 Å². The first-order valence-corrected chi connectivity index (χ1v) is 6.15. The van der Waals surface area contributed by atoms with Gasteiger partial charge in [0.2, 0.25) is 0 Å². The van der Waals surface area contributed by atoms with Crippen LogP contribution in [0.15, 0.2) is 24.4 Å². The summed E-state index contributed by atoms with van der Waals surface area (Å²) < 4.78 is 4.71. The van der Waals surface area contributed by atoms with E-state index in [1.165, 1.54) is 0 Å². The van der Waals surface area contributed by atoms with Gasteiger partial charge in [-0.05, 0) is 25.5 Å². The second-order valence-corrected chi connectivity index (χ2v) is 4.38. The van der Waals surface area contributed by atoms with E-state index < -0.39 is 18.2 Å². The molecule has 0 aliphatic heterocycles. The lowest BCUT2D eigenvalue weighted by molar-refractivity contribution is -0.159. The minimum atomic E-state index is -1.58. The normalized spacial score (nSPS) is 14.3. The summed E-state index contributed by atoms with van der Waals surface area (Å²) in [6.07, 6.45) is -1.29. The zero-order valence-corrected chi connectivity index (χ0v) is 10.9. The fourth-order valence-electron chi connectivity index (χ4n) is 2.16. The molecule has 1 aromatic carbocycles. The van der Waals surface area contributed by atoms with E-state index in [-0.39, 0.29) is 6.61 Å². The lowest BCUT2D eigenvalue weighted by Gasteiger charge is -2.16. The molecule has 0 amide bonds. The number of aryl methyl sites for hydroxylation is 1. The van der Waals surface area contributed by atoms with E-state index in [2.05, 4.69) is 4.98 Å². The molecule has 0 aliphatic carbocycles. The minimum absolute atomic E-state index is 0.162. The molecule has 0 spiro atoms. The van der Waals surface area contributed by atoms with E-state index in [0.717, 1.165) is 16.5 Å². The summed E-state index contributed by atoms with van der Waals surface area (Å²) in [5, 5.41) is 20.7. The Balaban J connectivity index is 2.36. The number of aromatic amines is 1. The highest BCUT2D eigenvalue weighted by molar-refractivity contribution is 5.87. The first-order valence-electron chi connectivity index (χ1n) is 6.15. The van der Waals surface area contributed by atoms with Crippen LogP contribution in [0.4, 0.5) is 0 Å². The summed E-state index contributed by atoms with van der Waals surface area (Å²) in [5.74, 6) is -0.821. The van der Waals surface area contributed by atoms with E-state index in [9.17, 15) is 15.0 Å². The standard InChI is InChI=1S/C14H17NO4/c1-3-19-14(18)13(17)12(16)9-7-15-10-6-4-5-8(2)11(9)10/h4-7,12-13,15-17H,3H2,1-2H3. The van der Waals surface area contributed by atoms with Crippen molar-refractivity contribution in [2.24, 2.45) is 0 Å². The van der Waals surface area contributed by atoms with E-state index in [1.54, 1.807) is 13.1 Å². The molecule has 102 valence electrons. The molecule has 0 bridgehead atoms. The lowest BCUT2D eigenvalue weighted by Crippen LogP contribution is -2.29. The molecule has 3 N–H and O–H groups in total. The Kier molecular flexibility index (Phi) is 3.87. The van der Waals surface area contributed by atoms with Crippen molar-refractivity contribution < 1.29 is 19.7 Å². The maximum Gasteiger partial charge on any atom is 0.338 e. The third kappa shape index (κ3) is 2.47. The maximum absolute atomic E-state index is 11.5. The number of fused-ring (bicyclic) bond motifs is 1. The number of carbonyl (C=O) groups excluding carboxylic acids is 1. The van der Waals surface area contributed by atoms with Crippen molar-refractivity contribution in [3.8, 4) is 0 Å². The molecule has 0 fully saturated rings. The van der Waals surface area contributed by atoms with Crippen LogP contribution in [0.1, 0.15) is 24.2 Å². The Labute approximate surface area is 110 Å². The number of aliphatic hydroxyl groups excluding tert-OH is 2. The van der Waals surface area contributed by atoms with Gasteiger partial charge >= 0.3 is 5.97 Å². The van der Waals surface area contributed by atoms with E-state index in [1.807, 2.05) is 25.1 Å². The van der Waals surface area contributed by atoms with Crippen molar-refractivity contribution in [3.05, 3.63) is 35.5 Å². The summed E-state index contributed by atoms with van der Waals surface area (Å²) in [6, 6.07) is 5.67. The van der Waals surface area contributed by atoms with Gasteiger partial charge in [0.05, 0.1) is 6.61 Å². The Bertz CT molecular complexity index is 590. The fourth-order valence-corrected chi connectivity index (χ4v) is 2.16. The van der Waals surface area contributed by atoms with Gasteiger partial charge in [-0.15, -0.1) is 0 Å². The van der Waals surface area contributed by atoms with Gasteiger partial charge in [-0.1, -0.05) is 12.1 Å². The number of carbonyl (C=O) groups is 1. The van der Waals surface area contributed by atoms with Gasteiger partial charge in [0.15, 0.2) is 6.10 Å². The van der Waals surface area contributed by atoms with Crippen LogP contribution in [-0.2, 0) is 9.53 Å². The Morgan fingerprint density at radius 3 is 2.84 bits per heavy atom. The lowest BCUT2D eigenvalue weighted by atomic mass is 10.0. The maximum atomic E-state index is 11.5. The Morgan fingerprint density at radius 1 is 1.42 bits per heavy atom. The molecule has 19 heavy (non-hydrogen) atoms. The Hall–Kier alpha value is -1.85. The summed E-state index contributed by atoms with van der Waals surface area (Å²) >= 11 is 0. The van der Waals surface area contributed by atoms with Gasteiger partial charge in [-0.25, -0.2) is 4.79 Å². The number of esters is 1. The number of benzene rings is 1. The molecule has 0 saturated heterocycles. The van der Waals surface area contributed by atoms with E-state index in [0.29, 0.717) is 5.56 Å². The summed E-state index contributed by atoms with van der Waals surface area (Å²) in [5.41, 5.74) is 2.31. The van der Waals surface area contributed by atoms with Gasteiger partial charge < -0.3 is 19.9 Å². The van der Waals surface area contributed by atoms with Crippen LogP contribution >= 0.6 is 0 Å². The van der Waals surface area contributed by atoms with Crippen molar-refractivity contribution in [1.29, 1.82) is 0 Å². The van der Waals surface area contributed by atoms with Gasteiger partial charge in [0.25, 0.3) is 0 Å². The number of aromatic nitrogens is 1. The van der Waals surface area contributed by atoms with Crippen molar-refractivity contribution in [3.63, 3.8) is 0 Å². The summed E-state index contributed by atoms with van der Waals surface area (Å²) in [4.78, 5) is 14.5. The third-order valence-electron chi connectivity index (χ3n) is 3.09. The molecule has 2 aromatic rings. The highest BCUT2D eigenvalue weighted by Crippen LogP contribution is 2.29. The van der Waals surface area contributed by atoms with Gasteiger partial charge in [-0.2, -0.15) is 0 Å². The SMILES string of the molecule is CCOC(=O)C(O)C(O)c1c[nH]c2cccc(C)c12. The first kappa shape index (κ1) is 13.6. The second kappa shape index (κ2) is 5.42. The molecule has 5 heteroatoms.